The van der Waals surface area contributed by atoms with Gasteiger partial charge in [0.25, 0.3) is 0 Å². The van der Waals surface area contributed by atoms with Crippen LogP contribution in [0.4, 0.5) is 5.69 Å². The molecule has 0 unspecified atom stereocenters. The van der Waals surface area contributed by atoms with Crippen molar-refractivity contribution >= 4 is 5.69 Å². The molecule has 3 rings (SSSR count). The number of anilines is 1. The first-order valence-electron chi connectivity index (χ1n) is 7.16. The van der Waals surface area contributed by atoms with Gasteiger partial charge in [-0.2, -0.15) is 5.10 Å². The van der Waals surface area contributed by atoms with Crippen LogP contribution in [-0.4, -0.2) is 16.3 Å². The van der Waals surface area contributed by atoms with E-state index in [1.54, 1.807) is 0 Å². The van der Waals surface area contributed by atoms with Crippen LogP contribution in [0.3, 0.4) is 0 Å². The van der Waals surface area contributed by atoms with Gasteiger partial charge in [0.05, 0.1) is 5.69 Å². The highest BCUT2D eigenvalue weighted by Gasteiger charge is 2.14. The van der Waals surface area contributed by atoms with Crippen molar-refractivity contribution in [2.75, 3.05) is 11.9 Å². The van der Waals surface area contributed by atoms with Crippen molar-refractivity contribution in [2.45, 2.75) is 39.7 Å². The first kappa shape index (κ1) is 12.3. The van der Waals surface area contributed by atoms with Gasteiger partial charge in [0, 0.05) is 30.9 Å². The first-order valence-corrected chi connectivity index (χ1v) is 7.16. The zero-order chi connectivity index (χ0) is 13.2. The molecule has 0 bridgehead atoms. The van der Waals surface area contributed by atoms with E-state index in [9.17, 15) is 0 Å². The Balaban J connectivity index is 1.94. The monoisotopic (exact) mass is 255 g/mol. The molecular formula is C16H21N3. The van der Waals surface area contributed by atoms with Crippen molar-refractivity contribution in [1.29, 1.82) is 0 Å². The van der Waals surface area contributed by atoms with E-state index in [0.717, 1.165) is 25.2 Å². The molecule has 3 nitrogen and oxygen atoms in total. The van der Waals surface area contributed by atoms with E-state index in [2.05, 4.69) is 53.2 Å². The lowest BCUT2D eigenvalue weighted by atomic mass is 9.95. The van der Waals surface area contributed by atoms with Crippen LogP contribution in [0.5, 0.6) is 0 Å². The molecule has 0 amide bonds. The normalized spacial score (nSPS) is 14.0. The third-order valence-corrected chi connectivity index (χ3v) is 3.85. The Morgan fingerprint density at radius 2 is 2.26 bits per heavy atom. The summed E-state index contributed by atoms with van der Waals surface area (Å²) in [5.74, 6) is 0. The third-order valence-electron chi connectivity index (χ3n) is 3.85. The number of benzene rings is 1. The van der Waals surface area contributed by atoms with E-state index in [4.69, 9.17) is 0 Å². The highest BCUT2D eigenvalue weighted by atomic mass is 15.3. The van der Waals surface area contributed by atoms with Gasteiger partial charge in [0.1, 0.15) is 0 Å². The fourth-order valence-corrected chi connectivity index (χ4v) is 2.96. The maximum Gasteiger partial charge on any atom is 0.0596 e. The molecule has 100 valence electrons. The Morgan fingerprint density at radius 3 is 3.11 bits per heavy atom. The van der Waals surface area contributed by atoms with Crippen molar-refractivity contribution in [2.24, 2.45) is 0 Å². The van der Waals surface area contributed by atoms with Gasteiger partial charge in [-0.05, 0) is 49.9 Å². The van der Waals surface area contributed by atoms with E-state index in [0.29, 0.717) is 0 Å². The van der Waals surface area contributed by atoms with Crippen LogP contribution in [0.25, 0.3) is 0 Å². The number of nitrogens with one attached hydrogen (secondary N) is 1. The molecule has 3 heteroatoms. The molecular weight excluding hydrogens is 234 g/mol. The summed E-state index contributed by atoms with van der Waals surface area (Å²) < 4.78 is 2.12. The van der Waals surface area contributed by atoms with Crippen molar-refractivity contribution in [3.8, 4) is 0 Å². The third kappa shape index (κ3) is 2.37. The average molecular weight is 255 g/mol. The molecule has 0 saturated carbocycles. The van der Waals surface area contributed by atoms with E-state index < -0.39 is 0 Å². The second-order valence-corrected chi connectivity index (χ2v) is 5.24. The van der Waals surface area contributed by atoms with E-state index in [1.807, 2.05) is 0 Å². The molecule has 1 aromatic carbocycles. The molecule has 1 aliphatic rings. The summed E-state index contributed by atoms with van der Waals surface area (Å²) in [5, 5.41) is 8.04. The van der Waals surface area contributed by atoms with Crippen molar-refractivity contribution in [3.63, 3.8) is 0 Å². The Hall–Kier alpha value is -1.77. The van der Waals surface area contributed by atoms with Gasteiger partial charge in [-0.15, -0.1) is 0 Å². The quantitative estimate of drug-likeness (QED) is 0.913. The molecule has 1 aromatic heterocycles. The summed E-state index contributed by atoms with van der Waals surface area (Å²) in [7, 11) is 0. The Labute approximate surface area is 114 Å². The number of fused-ring (bicyclic) bond motifs is 1. The minimum atomic E-state index is 0.941. The highest BCUT2D eigenvalue weighted by Crippen LogP contribution is 2.27. The van der Waals surface area contributed by atoms with Crippen LogP contribution in [0.2, 0.25) is 0 Å². The van der Waals surface area contributed by atoms with Crippen molar-refractivity contribution in [1.82, 2.24) is 9.78 Å². The number of aromatic nitrogens is 2. The van der Waals surface area contributed by atoms with Crippen LogP contribution in [-0.2, 0) is 19.4 Å². The number of rotatable bonds is 3. The smallest absolute Gasteiger partial charge is 0.0596 e. The molecule has 0 saturated heterocycles. The SMILES string of the molecule is CCn1nc(C)cc1Cc1cccc2c1CCCN2. The summed E-state index contributed by atoms with van der Waals surface area (Å²) in [5.41, 5.74) is 6.69. The molecule has 1 N–H and O–H groups in total. The number of aryl methyl sites for hydroxylation is 2. The molecule has 2 aromatic rings. The number of hydrogen-bond acceptors (Lipinski definition) is 2. The van der Waals surface area contributed by atoms with Gasteiger partial charge < -0.3 is 5.32 Å². The van der Waals surface area contributed by atoms with Gasteiger partial charge in [-0.25, -0.2) is 0 Å². The molecule has 0 aliphatic carbocycles. The van der Waals surface area contributed by atoms with E-state index in [1.165, 1.54) is 35.3 Å². The van der Waals surface area contributed by atoms with Crippen LogP contribution in [0, 0.1) is 6.92 Å². The minimum absolute atomic E-state index is 0.941. The fourth-order valence-electron chi connectivity index (χ4n) is 2.96. The van der Waals surface area contributed by atoms with Crippen LogP contribution < -0.4 is 5.32 Å². The molecule has 0 spiro atoms. The predicted octanol–water partition coefficient (Wildman–Crippen LogP) is 3.16. The lowest BCUT2D eigenvalue weighted by molar-refractivity contribution is 0.624. The van der Waals surface area contributed by atoms with Gasteiger partial charge in [-0.1, -0.05) is 12.1 Å². The number of nitrogens with zero attached hydrogens (tertiary/aromatic N) is 2. The molecule has 0 fully saturated rings. The van der Waals surface area contributed by atoms with Crippen LogP contribution in [0.1, 0.15) is 35.9 Å². The zero-order valence-corrected chi connectivity index (χ0v) is 11.7. The summed E-state index contributed by atoms with van der Waals surface area (Å²) in [6.07, 6.45) is 3.41. The average Bonchev–Trinajstić information content (AvgIpc) is 2.79. The van der Waals surface area contributed by atoms with Gasteiger partial charge in [-0.3, -0.25) is 4.68 Å². The Morgan fingerprint density at radius 1 is 1.37 bits per heavy atom. The lowest BCUT2D eigenvalue weighted by Gasteiger charge is -2.21. The predicted molar refractivity (Wildman–Crippen MR) is 78.7 cm³/mol. The van der Waals surface area contributed by atoms with Crippen molar-refractivity contribution in [3.05, 3.63) is 46.8 Å². The maximum atomic E-state index is 4.54. The van der Waals surface area contributed by atoms with Crippen molar-refractivity contribution < 1.29 is 0 Å². The largest absolute Gasteiger partial charge is 0.385 e. The van der Waals surface area contributed by atoms with Crippen LogP contribution >= 0.6 is 0 Å². The molecule has 2 heterocycles. The lowest BCUT2D eigenvalue weighted by Crippen LogP contribution is -2.14. The van der Waals surface area contributed by atoms with Gasteiger partial charge in [0.2, 0.25) is 0 Å². The fraction of sp³-hybridized carbons (Fsp3) is 0.438. The molecule has 0 atom stereocenters. The summed E-state index contributed by atoms with van der Waals surface area (Å²) in [4.78, 5) is 0. The summed E-state index contributed by atoms with van der Waals surface area (Å²) >= 11 is 0. The van der Waals surface area contributed by atoms with Crippen LogP contribution in [0.15, 0.2) is 24.3 Å². The van der Waals surface area contributed by atoms with Gasteiger partial charge in [0.15, 0.2) is 0 Å². The second-order valence-electron chi connectivity index (χ2n) is 5.24. The molecule has 1 aliphatic heterocycles. The Bertz CT molecular complexity index is 584. The zero-order valence-electron chi connectivity index (χ0n) is 11.7. The standard InChI is InChI=1S/C16H21N3/c1-3-19-14(10-12(2)18-19)11-13-6-4-8-16-15(13)7-5-9-17-16/h4,6,8,10,17H,3,5,7,9,11H2,1-2H3. The topological polar surface area (TPSA) is 29.9 Å². The molecule has 19 heavy (non-hydrogen) atoms. The Kier molecular flexibility index (Phi) is 3.28. The number of hydrogen-bond donors (Lipinski definition) is 1. The minimum Gasteiger partial charge on any atom is -0.385 e. The van der Waals surface area contributed by atoms with E-state index in [-0.39, 0.29) is 0 Å². The van der Waals surface area contributed by atoms with Gasteiger partial charge >= 0.3 is 0 Å². The van der Waals surface area contributed by atoms with E-state index >= 15 is 0 Å². The second kappa shape index (κ2) is 5.08. The summed E-state index contributed by atoms with van der Waals surface area (Å²) in [6.45, 7) is 6.26. The summed E-state index contributed by atoms with van der Waals surface area (Å²) in [6, 6.07) is 8.82. The first-order chi connectivity index (χ1) is 9.28. The molecule has 0 radical (unpaired) electrons. The highest BCUT2D eigenvalue weighted by molar-refractivity contribution is 5.57. The maximum absolute atomic E-state index is 4.54.